The Kier molecular flexibility index (Phi) is 2.83. The number of H-pyrrole nitrogens is 1. The highest BCUT2D eigenvalue weighted by molar-refractivity contribution is 5.68. The van der Waals surface area contributed by atoms with E-state index in [9.17, 15) is 10.1 Å². The van der Waals surface area contributed by atoms with Crippen LogP contribution >= 0.6 is 0 Å². The van der Waals surface area contributed by atoms with Gasteiger partial charge in [0.25, 0.3) is 5.56 Å². The predicted octanol–water partition coefficient (Wildman–Crippen LogP) is 2.83. The van der Waals surface area contributed by atoms with E-state index in [0.29, 0.717) is 11.2 Å². The highest BCUT2D eigenvalue weighted by Crippen LogP contribution is 2.38. The van der Waals surface area contributed by atoms with Crippen molar-refractivity contribution in [1.29, 1.82) is 5.26 Å². The van der Waals surface area contributed by atoms with Gasteiger partial charge in [-0.05, 0) is 24.3 Å². The minimum absolute atomic E-state index is 0.112. The van der Waals surface area contributed by atoms with E-state index in [2.05, 4.69) is 16.2 Å². The number of rotatable bonds is 2. The molecule has 1 saturated carbocycles. The van der Waals surface area contributed by atoms with Crippen LogP contribution in [0.4, 0.5) is 0 Å². The van der Waals surface area contributed by atoms with Crippen molar-refractivity contribution >= 4 is 5.65 Å². The number of nitrogens with one attached hydrogen (secondary N) is 1. The van der Waals surface area contributed by atoms with Crippen LogP contribution in [0.25, 0.3) is 16.9 Å². The molecule has 1 N–H and O–H groups in total. The van der Waals surface area contributed by atoms with Crippen LogP contribution in [-0.4, -0.2) is 14.6 Å². The quantitative estimate of drug-likeness (QED) is 0.788. The molecular formula is C17H14N4O. The Balaban J connectivity index is 2.08. The fourth-order valence-electron chi connectivity index (χ4n) is 3.02. The Bertz CT molecular complexity index is 942. The van der Waals surface area contributed by atoms with E-state index in [4.69, 9.17) is 0 Å². The number of nitrogens with zero attached hydrogens (tertiary/aromatic N) is 3. The first kappa shape index (κ1) is 12.8. The van der Waals surface area contributed by atoms with Crippen molar-refractivity contribution in [3.05, 3.63) is 58.0 Å². The molecule has 22 heavy (non-hydrogen) atoms. The number of benzene rings is 1. The van der Waals surface area contributed by atoms with E-state index < -0.39 is 0 Å². The summed E-state index contributed by atoms with van der Waals surface area (Å²) < 4.78 is 1.32. The summed E-state index contributed by atoms with van der Waals surface area (Å²) in [5.41, 5.74) is 3.31. The lowest BCUT2D eigenvalue weighted by atomic mass is 9.79. The highest BCUT2D eigenvalue weighted by atomic mass is 16.1. The first-order chi connectivity index (χ1) is 10.8. The van der Waals surface area contributed by atoms with E-state index in [-0.39, 0.29) is 11.5 Å². The normalized spacial score (nSPS) is 14.7. The second-order valence-electron chi connectivity index (χ2n) is 5.64. The average molecular weight is 290 g/mol. The van der Waals surface area contributed by atoms with Crippen molar-refractivity contribution in [1.82, 2.24) is 14.6 Å². The Labute approximate surface area is 126 Å². The van der Waals surface area contributed by atoms with Crippen LogP contribution in [0.3, 0.4) is 0 Å². The lowest BCUT2D eigenvalue weighted by Gasteiger charge is -2.27. The van der Waals surface area contributed by atoms with E-state index in [0.717, 1.165) is 36.1 Å². The van der Waals surface area contributed by atoms with Crippen molar-refractivity contribution in [2.24, 2.45) is 0 Å². The van der Waals surface area contributed by atoms with Crippen molar-refractivity contribution < 1.29 is 0 Å². The number of hydrogen-bond acceptors (Lipinski definition) is 3. The molecule has 1 fully saturated rings. The van der Waals surface area contributed by atoms with Gasteiger partial charge >= 0.3 is 0 Å². The van der Waals surface area contributed by atoms with Gasteiger partial charge in [-0.25, -0.2) is 0 Å². The molecular weight excluding hydrogens is 276 g/mol. The molecule has 0 aliphatic heterocycles. The first-order valence-corrected chi connectivity index (χ1v) is 7.39. The lowest BCUT2D eigenvalue weighted by Crippen LogP contribution is -2.26. The van der Waals surface area contributed by atoms with Crippen LogP contribution in [-0.2, 0) is 0 Å². The fraction of sp³-hybridized carbons (Fsp3) is 0.235. The summed E-state index contributed by atoms with van der Waals surface area (Å²) in [6.07, 6.45) is 4.65. The Morgan fingerprint density at radius 2 is 2.05 bits per heavy atom. The van der Waals surface area contributed by atoms with Crippen LogP contribution in [0.15, 0.2) is 41.3 Å². The molecule has 4 rings (SSSR count). The monoisotopic (exact) mass is 290 g/mol. The maximum atomic E-state index is 12.9. The highest BCUT2D eigenvalue weighted by Gasteiger charge is 2.28. The van der Waals surface area contributed by atoms with Gasteiger partial charge in [-0.15, -0.1) is 0 Å². The second-order valence-corrected chi connectivity index (χ2v) is 5.64. The molecule has 0 saturated heterocycles. The summed E-state index contributed by atoms with van der Waals surface area (Å²) in [5.74, 6) is 0.276. The van der Waals surface area contributed by atoms with Gasteiger partial charge in [0, 0.05) is 5.56 Å². The van der Waals surface area contributed by atoms with Crippen LogP contribution in [0.5, 0.6) is 0 Å². The summed E-state index contributed by atoms with van der Waals surface area (Å²) in [6.45, 7) is 0. The van der Waals surface area contributed by atoms with E-state index in [1.807, 2.05) is 30.3 Å². The van der Waals surface area contributed by atoms with Crippen LogP contribution in [0.1, 0.15) is 36.3 Å². The van der Waals surface area contributed by atoms with Gasteiger partial charge in [-0.1, -0.05) is 36.8 Å². The fourth-order valence-corrected chi connectivity index (χ4v) is 3.02. The summed E-state index contributed by atoms with van der Waals surface area (Å²) >= 11 is 0. The summed E-state index contributed by atoms with van der Waals surface area (Å²) in [4.78, 5) is 16.1. The number of hydrogen-bond donors (Lipinski definition) is 1. The van der Waals surface area contributed by atoms with Gasteiger partial charge in [-0.3, -0.25) is 4.79 Å². The third-order valence-electron chi connectivity index (χ3n) is 4.40. The molecule has 0 radical (unpaired) electrons. The molecule has 1 aromatic carbocycles. The standard InChI is InChI=1S/C17H14N4O/c18-9-13-10-19-21-16(13)20-15(12-5-2-1-3-6-12)14(17(21)22)11-7-4-8-11/h1-3,5-6,10-11,20H,4,7-8H2. The maximum Gasteiger partial charge on any atom is 0.278 e. The molecule has 3 aromatic rings. The van der Waals surface area contributed by atoms with Gasteiger partial charge in [0.2, 0.25) is 0 Å². The molecule has 0 bridgehead atoms. The molecule has 0 spiro atoms. The summed E-state index contributed by atoms with van der Waals surface area (Å²) in [5, 5.41) is 13.3. The van der Waals surface area contributed by atoms with Gasteiger partial charge < -0.3 is 4.98 Å². The summed E-state index contributed by atoms with van der Waals surface area (Å²) in [7, 11) is 0. The molecule has 2 aromatic heterocycles. The smallest absolute Gasteiger partial charge is 0.278 e. The molecule has 5 heteroatoms. The van der Waals surface area contributed by atoms with Gasteiger partial charge in [0.1, 0.15) is 11.6 Å². The van der Waals surface area contributed by atoms with E-state index >= 15 is 0 Å². The number of aromatic amines is 1. The van der Waals surface area contributed by atoms with E-state index in [1.54, 1.807) is 0 Å². The molecule has 1 aliphatic rings. The van der Waals surface area contributed by atoms with E-state index in [1.165, 1.54) is 10.7 Å². The molecule has 0 unspecified atom stereocenters. The van der Waals surface area contributed by atoms with Gasteiger partial charge in [0.15, 0.2) is 5.65 Å². The van der Waals surface area contributed by atoms with Gasteiger partial charge in [-0.2, -0.15) is 14.9 Å². The zero-order valence-corrected chi connectivity index (χ0v) is 11.9. The van der Waals surface area contributed by atoms with Crippen molar-refractivity contribution in [3.8, 4) is 17.3 Å². The van der Waals surface area contributed by atoms with Crippen LogP contribution < -0.4 is 5.56 Å². The summed E-state index contributed by atoms with van der Waals surface area (Å²) in [6, 6.07) is 11.9. The third-order valence-corrected chi connectivity index (χ3v) is 4.40. The van der Waals surface area contributed by atoms with Crippen molar-refractivity contribution in [2.75, 3.05) is 0 Å². The Hall–Kier alpha value is -2.87. The average Bonchev–Trinajstić information content (AvgIpc) is 2.92. The Morgan fingerprint density at radius 3 is 2.68 bits per heavy atom. The Morgan fingerprint density at radius 1 is 1.27 bits per heavy atom. The molecule has 0 atom stereocenters. The zero-order valence-electron chi connectivity index (χ0n) is 11.9. The van der Waals surface area contributed by atoms with Crippen LogP contribution in [0.2, 0.25) is 0 Å². The predicted molar refractivity (Wildman–Crippen MR) is 82.6 cm³/mol. The molecule has 5 nitrogen and oxygen atoms in total. The maximum absolute atomic E-state index is 12.9. The van der Waals surface area contributed by atoms with Crippen molar-refractivity contribution in [2.45, 2.75) is 25.2 Å². The lowest BCUT2D eigenvalue weighted by molar-refractivity contribution is 0.415. The van der Waals surface area contributed by atoms with Crippen molar-refractivity contribution in [3.63, 3.8) is 0 Å². The van der Waals surface area contributed by atoms with Gasteiger partial charge in [0.05, 0.1) is 11.9 Å². The number of fused-ring (bicyclic) bond motifs is 1. The molecule has 0 amide bonds. The van der Waals surface area contributed by atoms with Crippen LogP contribution in [0, 0.1) is 11.3 Å². The number of nitriles is 1. The zero-order chi connectivity index (χ0) is 15.1. The number of aromatic nitrogens is 3. The SMILES string of the molecule is N#Cc1cnn2c(=O)c(C3CCC3)c(-c3ccccc3)[nH]c12. The molecule has 108 valence electrons. The minimum Gasteiger partial charge on any atom is -0.338 e. The molecule has 1 aliphatic carbocycles. The largest absolute Gasteiger partial charge is 0.338 e. The minimum atomic E-state index is -0.112. The topological polar surface area (TPSA) is 74.0 Å². The third kappa shape index (κ3) is 1.77. The molecule has 2 heterocycles. The first-order valence-electron chi connectivity index (χ1n) is 7.39. The second kappa shape index (κ2) is 4.85.